The molecule has 0 spiro atoms. The van der Waals surface area contributed by atoms with E-state index in [0.717, 1.165) is 5.69 Å². The normalized spacial score (nSPS) is 11.4. The number of carbonyl (C=O) groups excluding carboxylic acids is 2. The number of carbonyl (C=O) groups is 2. The summed E-state index contributed by atoms with van der Waals surface area (Å²) >= 11 is 0. The minimum atomic E-state index is -0.464. The first-order chi connectivity index (χ1) is 13.0. The van der Waals surface area contributed by atoms with E-state index < -0.39 is 6.04 Å². The lowest BCUT2D eigenvalue weighted by molar-refractivity contribution is -0.119. The molecule has 1 atom stereocenters. The van der Waals surface area contributed by atoms with Crippen molar-refractivity contribution in [3.05, 3.63) is 48.5 Å². The highest BCUT2D eigenvalue weighted by atomic mass is 16.5. The van der Waals surface area contributed by atoms with Crippen molar-refractivity contribution in [3.63, 3.8) is 0 Å². The zero-order valence-electron chi connectivity index (χ0n) is 15.7. The lowest BCUT2D eigenvalue weighted by atomic mass is 10.2. The van der Waals surface area contributed by atoms with Crippen molar-refractivity contribution in [1.29, 1.82) is 0 Å². The predicted octanol–water partition coefficient (Wildman–Crippen LogP) is 3.11. The maximum Gasteiger partial charge on any atom is 0.250 e. The number of anilines is 3. The monoisotopic (exact) mass is 371 g/mol. The lowest BCUT2D eigenvalue weighted by Gasteiger charge is -2.17. The Hall–Kier alpha value is -3.06. The average Bonchev–Trinajstić information content (AvgIpc) is 2.65. The first-order valence-electron chi connectivity index (χ1n) is 8.71. The molecule has 144 valence electrons. The molecule has 7 nitrogen and oxygen atoms in total. The van der Waals surface area contributed by atoms with Gasteiger partial charge in [-0.2, -0.15) is 0 Å². The minimum Gasteiger partial charge on any atom is -0.492 e. The number of hydrogen-bond donors (Lipinski definition) is 3. The number of para-hydroxylation sites is 2. The second kappa shape index (κ2) is 10.2. The molecule has 0 aliphatic heterocycles. The third-order valence-electron chi connectivity index (χ3n) is 3.67. The molecule has 7 heteroatoms. The number of ether oxygens (including phenoxy) is 2. The summed E-state index contributed by atoms with van der Waals surface area (Å²) in [4.78, 5) is 24.0. The van der Waals surface area contributed by atoms with Crippen LogP contribution in [0.3, 0.4) is 0 Å². The Kier molecular flexibility index (Phi) is 7.63. The van der Waals surface area contributed by atoms with E-state index >= 15 is 0 Å². The smallest absolute Gasteiger partial charge is 0.250 e. The Bertz CT molecular complexity index is 762. The largest absolute Gasteiger partial charge is 0.492 e. The predicted molar refractivity (Wildman–Crippen MR) is 106 cm³/mol. The van der Waals surface area contributed by atoms with E-state index in [9.17, 15) is 9.59 Å². The van der Waals surface area contributed by atoms with Gasteiger partial charge >= 0.3 is 0 Å². The van der Waals surface area contributed by atoms with Crippen molar-refractivity contribution in [2.45, 2.75) is 19.9 Å². The summed E-state index contributed by atoms with van der Waals surface area (Å²) in [5, 5.41) is 8.71. The molecular formula is C20H25N3O4. The highest BCUT2D eigenvalue weighted by molar-refractivity contribution is 5.97. The van der Waals surface area contributed by atoms with Crippen LogP contribution in [0.25, 0.3) is 0 Å². The van der Waals surface area contributed by atoms with Gasteiger partial charge in [0, 0.05) is 18.5 Å². The highest BCUT2D eigenvalue weighted by Gasteiger charge is 2.15. The maximum absolute atomic E-state index is 12.5. The molecule has 2 amide bonds. The summed E-state index contributed by atoms with van der Waals surface area (Å²) in [5.41, 5.74) is 2.06. The van der Waals surface area contributed by atoms with E-state index in [2.05, 4.69) is 16.0 Å². The zero-order chi connectivity index (χ0) is 19.6. The van der Waals surface area contributed by atoms with Gasteiger partial charge in [-0.3, -0.25) is 9.59 Å². The fourth-order valence-corrected chi connectivity index (χ4v) is 2.39. The van der Waals surface area contributed by atoms with E-state index in [0.29, 0.717) is 23.7 Å². The molecule has 0 fully saturated rings. The van der Waals surface area contributed by atoms with Crippen molar-refractivity contribution < 1.29 is 19.1 Å². The van der Waals surface area contributed by atoms with Gasteiger partial charge in [0.05, 0.1) is 12.3 Å². The Morgan fingerprint density at radius 1 is 1.00 bits per heavy atom. The Labute approximate surface area is 159 Å². The second-order valence-electron chi connectivity index (χ2n) is 5.84. The van der Waals surface area contributed by atoms with Gasteiger partial charge < -0.3 is 25.4 Å². The molecule has 2 rings (SSSR count). The molecule has 0 bridgehead atoms. The van der Waals surface area contributed by atoms with Crippen molar-refractivity contribution >= 4 is 28.9 Å². The fraction of sp³-hybridized carbons (Fsp3) is 0.300. The number of methoxy groups -OCH3 is 1. The van der Waals surface area contributed by atoms with Gasteiger partial charge in [0.15, 0.2) is 0 Å². The second-order valence-corrected chi connectivity index (χ2v) is 5.84. The summed E-state index contributed by atoms with van der Waals surface area (Å²) in [6, 6.07) is 13.9. The summed E-state index contributed by atoms with van der Waals surface area (Å²) in [6.07, 6.45) is 0. The van der Waals surface area contributed by atoms with Crippen LogP contribution >= 0.6 is 0 Å². The third-order valence-corrected chi connectivity index (χ3v) is 3.67. The third kappa shape index (κ3) is 6.31. The first-order valence-corrected chi connectivity index (χ1v) is 8.71. The van der Waals surface area contributed by atoms with Crippen LogP contribution in [0.2, 0.25) is 0 Å². The van der Waals surface area contributed by atoms with E-state index in [1.54, 1.807) is 37.3 Å². The summed E-state index contributed by atoms with van der Waals surface area (Å²) in [5.74, 6) is 0.232. The molecule has 2 aromatic rings. The number of rotatable bonds is 9. The van der Waals surface area contributed by atoms with Crippen LogP contribution in [0.15, 0.2) is 48.5 Å². The highest BCUT2D eigenvalue weighted by Crippen LogP contribution is 2.24. The molecule has 2 aromatic carbocycles. The number of benzene rings is 2. The summed E-state index contributed by atoms with van der Waals surface area (Å²) in [7, 11) is 1.46. The van der Waals surface area contributed by atoms with Gasteiger partial charge in [-0.25, -0.2) is 0 Å². The van der Waals surface area contributed by atoms with Crippen LogP contribution < -0.4 is 20.7 Å². The molecular weight excluding hydrogens is 346 g/mol. The Morgan fingerprint density at radius 2 is 1.67 bits per heavy atom. The van der Waals surface area contributed by atoms with Crippen LogP contribution in [-0.2, 0) is 14.3 Å². The molecule has 0 heterocycles. The van der Waals surface area contributed by atoms with Crippen molar-refractivity contribution in [2.24, 2.45) is 0 Å². The number of nitrogens with one attached hydrogen (secondary N) is 3. The lowest BCUT2D eigenvalue weighted by Crippen LogP contribution is -2.32. The van der Waals surface area contributed by atoms with Gasteiger partial charge in [-0.15, -0.1) is 0 Å². The molecule has 0 saturated carbocycles. The number of amides is 2. The van der Waals surface area contributed by atoms with E-state index in [4.69, 9.17) is 9.47 Å². The standard InChI is InChI=1S/C20H25N3O4/c1-4-27-18-8-6-5-7-17(18)23-20(25)14(2)21-15-9-11-16(12-10-15)22-19(24)13-26-3/h5-12,14,21H,4,13H2,1-3H3,(H,22,24)(H,23,25). The average molecular weight is 371 g/mol. The van der Waals surface area contributed by atoms with Crippen LogP contribution in [0, 0.1) is 0 Å². The summed E-state index contributed by atoms with van der Waals surface area (Å²) in [6.45, 7) is 4.19. The van der Waals surface area contributed by atoms with Crippen molar-refractivity contribution in [2.75, 3.05) is 36.3 Å². The SMILES string of the molecule is CCOc1ccccc1NC(=O)C(C)Nc1ccc(NC(=O)COC)cc1. The van der Waals surface area contributed by atoms with Gasteiger partial charge in [-0.1, -0.05) is 12.1 Å². The zero-order valence-corrected chi connectivity index (χ0v) is 15.7. The number of hydrogen-bond acceptors (Lipinski definition) is 5. The quantitative estimate of drug-likeness (QED) is 0.630. The summed E-state index contributed by atoms with van der Waals surface area (Å²) < 4.78 is 10.3. The first kappa shape index (κ1) is 20.3. The molecule has 27 heavy (non-hydrogen) atoms. The molecule has 0 saturated heterocycles. The molecule has 1 unspecified atom stereocenters. The van der Waals surface area contributed by atoms with Crippen molar-refractivity contribution in [3.8, 4) is 5.75 Å². The topological polar surface area (TPSA) is 88.7 Å². The van der Waals surface area contributed by atoms with Gasteiger partial charge in [0.1, 0.15) is 18.4 Å². The minimum absolute atomic E-state index is 0.000423. The molecule has 0 aliphatic carbocycles. The van der Waals surface area contributed by atoms with E-state index in [-0.39, 0.29) is 18.4 Å². The molecule has 0 aromatic heterocycles. The molecule has 0 radical (unpaired) electrons. The maximum atomic E-state index is 12.5. The van der Waals surface area contributed by atoms with Crippen LogP contribution in [0.4, 0.5) is 17.1 Å². The van der Waals surface area contributed by atoms with Crippen LogP contribution in [-0.4, -0.2) is 38.2 Å². The van der Waals surface area contributed by atoms with E-state index in [1.807, 2.05) is 25.1 Å². The van der Waals surface area contributed by atoms with Crippen LogP contribution in [0.1, 0.15) is 13.8 Å². The molecule has 0 aliphatic rings. The van der Waals surface area contributed by atoms with Gasteiger partial charge in [0.25, 0.3) is 0 Å². The molecule has 3 N–H and O–H groups in total. The van der Waals surface area contributed by atoms with Crippen LogP contribution in [0.5, 0.6) is 5.75 Å². The fourth-order valence-electron chi connectivity index (χ4n) is 2.39. The van der Waals surface area contributed by atoms with Crippen molar-refractivity contribution in [1.82, 2.24) is 0 Å². The van der Waals surface area contributed by atoms with E-state index in [1.165, 1.54) is 7.11 Å². The Morgan fingerprint density at radius 3 is 2.33 bits per heavy atom. The Balaban J connectivity index is 1.93. The van der Waals surface area contributed by atoms with Gasteiger partial charge in [-0.05, 0) is 50.2 Å². The van der Waals surface area contributed by atoms with Gasteiger partial charge in [0.2, 0.25) is 11.8 Å².